The first-order chi connectivity index (χ1) is 5.20. The standard InChI is InChI=1S/C9H20OS/c1-4-5-8(2)6-9(10)7-11-3/h8-10H,4-7H2,1-3H3. The lowest BCUT2D eigenvalue weighted by Crippen LogP contribution is -2.14. The van der Waals surface area contributed by atoms with E-state index < -0.39 is 0 Å². The second-order valence-corrected chi connectivity index (χ2v) is 4.15. The van der Waals surface area contributed by atoms with Gasteiger partial charge in [-0.2, -0.15) is 11.8 Å². The number of rotatable bonds is 6. The van der Waals surface area contributed by atoms with Crippen molar-refractivity contribution in [1.29, 1.82) is 0 Å². The summed E-state index contributed by atoms with van der Waals surface area (Å²) in [6.07, 6.45) is 5.38. The minimum absolute atomic E-state index is 0.0912. The highest BCUT2D eigenvalue weighted by Gasteiger charge is 2.08. The molecule has 2 unspecified atom stereocenters. The number of hydrogen-bond acceptors (Lipinski definition) is 2. The van der Waals surface area contributed by atoms with E-state index in [1.807, 2.05) is 6.26 Å². The fourth-order valence-corrected chi connectivity index (χ4v) is 1.86. The van der Waals surface area contributed by atoms with Crippen LogP contribution >= 0.6 is 11.8 Å². The Balaban J connectivity index is 3.32. The van der Waals surface area contributed by atoms with E-state index in [1.165, 1.54) is 12.8 Å². The first-order valence-corrected chi connectivity index (χ1v) is 5.77. The molecule has 0 saturated carbocycles. The van der Waals surface area contributed by atoms with Crippen LogP contribution in [0.5, 0.6) is 0 Å². The van der Waals surface area contributed by atoms with Crippen LogP contribution in [0.15, 0.2) is 0 Å². The molecule has 0 amide bonds. The van der Waals surface area contributed by atoms with Crippen LogP contribution in [0.1, 0.15) is 33.1 Å². The lowest BCUT2D eigenvalue weighted by molar-refractivity contribution is 0.166. The summed E-state index contributed by atoms with van der Waals surface area (Å²) in [5, 5.41) is 9.43. The van der Waals surface area contributed by atoms with E-state index in [0.29, 0.717) is 5.92 Å². The Kier molecular flexibility index (Phi) is 7.18. The van der Waals surface area contributed by atoms with Gasteiger partial charge in [-0.3, -0.25) is 0 Å². The van der Waals surface area contributed by atoms with Crippen molar-refractivity contribution < 1.29 is 5.11 Å². The van der Waals surface area contributed by atoms with E-state index in [4.69, 9.17) is 0 Å². The van der Waals surface area contributed by atoms with E-state index in [2.05, 4.69) is 13.8 Å². The highest BCUT2D eigenvalue weighted by molar-refractivity contribution is 7.98. The topological polar surface area (TPSA) is 20.2 Å². The van der Waals surface area contributed by atoms with Gasteiger partial charge in [-0.1, -0.05) is 26.7 Å². The van der Waals surface area contributed by atoms with Crippen LogP contribution in [0, 0.1) is 5.92 Å². The number of aliphatic hydroxyl groups is 1. The van der Waals surface area contributed by atoms with Crippen molar-refractivity contribution in [1.82, 2.24) is 0 Å². The highest BCUT2D eigenvalue weighted by Crippen LogP contribution is 2.14. The molecule has 0 aliphatic rings. The third-order valence-corrected chi connectivity index (χ3v) is 2.53. The molecule has 2 atom stereocenters. The summed E-state index contributed by atoms with van der Waals surface area (Å²) in [5.74, 6) is 1.57. The van der Waals surface area contributed by atoms with E-state index in [9.17, 15) is 5.11 Å². The van der Waals surface area contributed by atoms with Gasteiger partial charge in [0.25, 0.3) is 0 Å². The van der Waals surface area contributed by atoms with Gasteiger partial charge in [0.05, 0.1) is 6.10 Å². The maximum Gasteiger partial charge on any atom is 0.0633 e. The Bertz CT molecular complexity index is 75.6. The zero-order valence-electron chi connectivity index (χ0n) is 7.84. The fraction of sp³-hybridized carbons (Fsp3) is 1.00. The molecule has 1 nitrogen and oxygen atoms in total. The van der Waals surface area contributed by atoms with Gasteiger partial charge in [0.2, 0.25) is 0 Å². The molecular formula is C9H20OS. The van der Waals surface area contributed by atoms with Gasteiger partial charge in [0, 0.05) is 5.75 Å². The molecule has 0 radical (unpaired) electrons. The zero-order valence-corrected chi connectivity index (χ0v) is 8.66. The smallest absolute Gasteiger partial charge is 0.0633 e. The molecule has 0 saturated heterocycles. The van der Waals surface area contributed by atoms with Crippen molar-refractivity contribution in [2.45, 2.75) is 39.2 Å². The van der Waals surface area contributed by atoms with Crippen molar-refractivity contribution in [3.05, 3.63) is 0 Å². The van der Waals surface area contributed by atoms with Gasteiger partial charge in [0.15, 0.2) is 0 Å². The van der Waals surface area contributed by atoms with Crippen LogP contribution in [0.25, 0.3) is 0 Å². The van der Waals surface area contributed by atoms with Crippen LogP contribution in [0.3, 0.4) is 0 Å². The third-order valence-electron chi connectivity index (χ3n) is 1.81. The quantitative estimate of drug-likeness (QED) is 0.671. The molecule has 1 N–H and O–H groups in total. The number of hydrogen-bond donors (Lipinski definition) is 1. The molecule has 0 heterocycles. The Morgan fingerprint density at radius 1 is 1.45 bits per heavy atom. The van der Waals surface area contributed by atoms with Crippen molar-refractivity contribution in [2.75, 3.05) is 12.0 Å². The Labute approximate surface area is 74.6 Å². The first kappa shape index (κ1) is 11.3. The minimum Gasteiger partial charge on any atom is -0.392 e. The number of thioether (sulfide) groups is 1. The summed E-state index contributed by atoms with van der Waals surface area (Å²) in [5.41, 5.74) is 0. The van der Waals surface area contributed by atoms with Crippen LogP contribution < -0.4 is 0 Å². The molecular weight excluding hydrogens is 156 g/mol. The molecule has 0 aromatic heterocycles. The molecule has 0 spiro atoms. The van der Waals surface area contributed by atoms with Crippen molar-refractivity contribution in [2.24, 2.45) is 5.92 Å². The van der Waals surface area contributed by atoms with Gasteiger partial charge in [-0.25, -0.2) is 0 Å². The molecule has 0 aliphatic carbocycles. The molecule has 0 fully saturated rings. The predicted molar refractivity (Wildman–Crippen MR) is 53.1 cm³/mol. The summed E-state index contributed by atoms with van der Waals surface area (Å²) in [6, 6.07) is 0. The van der Waals surface area contributed by atoms with Crippen molar-refractivity contribution >= 4 is 11.8 Å². The van der Waals surface area contributed by atoms with Crippen LogP contribution in [0.4, 0.5) is 0 Å². The second-order valence-electron chi connectivity index (χ2n) is 3.24. The summed E-state index contributed by atoms with van der Waals surface area (Å²) >= 11 is 1.72. The first-order valence-electron chi connectivity index (χ1n) is 4.37. The third kappa shape index (κ3) is 6.70. The summed E-state index contributed by atoms with van der Waals surface area (Å²) < 4.78 is 0. The van der Waals surface area contributed by atoms with Gasteiger partial charge < -0.3 is 5.11 Å². The van der Waals surface area contributed by atoms with Gasteiger partial charge in [0.1, 0.15) is 0 Å². The molecule has 0 aromatic carbocycles. The predicted octanol–water partition coefficient (Wildman–Crippen LogP) is 2.54. The maximum absolute atomic E-state index is 9.43. The van der Waals surface area contributed by atoms with Gasteiger partial charge in [-0.15, -0.1) is 0 Å². The minimum atomic E-state index is -0.0912. The monoisotopic (exact) mass is 176 g/mol. The average molecular weight is 176 g/mol. The average Bonchev–Trinajstić information content (AvgIpc) is 1.87. The van der Waals surface area contributed by atoms with Crippen LogP contribution in [0.2, 0.25) is 0 Å². The normalized spacial score (nSPS) is 16.4. The second kappa shape index (κ2) is 6.99. The van der Waals surface area contributed by atoms with E-state index in [-0.39, 0.29) is 6.10 Å². The lowest BCUT2D eigenvalue weighted by atomic mass is 10.00. The molecule has 0 rings (SSSR count). The fourth-order valence-electron chi connectivity index (χ4n) is 1.34. The number of aliphatic hydroxyl groups excluding tert-OH is 1. The van der Waals surface area contributed by atoms with Crippen molar-refractivity contribution in [3.63, 3.8) is 0 Å². The van der Waals surface area contributed by atoms with E-state index in [0.717, 1.165) is 12.2 Å². The maximum atomic E-state index is 9.43. The van der Waals surface area contributed by atoms with Crippen LogP contribution in [-0.2, 0) is 0 Å². The lowest BCUT2D eigenvalue weighted by Gasteiger charge is -2.14. The van der Waals surface area contributed by atoms with Crippen LogP contribution in [-0.4, -0.2) is 23.2 Å². The Hall–Kier alpha value is 0.310. The Morgan fingerprint density at radius 3 is 2.55 bits per heavy atom. The molecule has 11 heavy (non-hydrogen) atoms. The van der Waals surface area contributed by atoms with Crippen molar-refractivity contribution in [3.8, 4) is 0 Å². The molecule has 0 aliphatic heterocycles. The molecule has 0 bridgehead atoms. The van der Waals surface area contributed by atoms with Gasteiger partial charge >= 0.3 is 0 Å². The molecule has 68 valence electrons. The Morgan fingerprint density at radius 2 is 2.09 bits per heavy atom. The molecule has 2 heteroatoms. The summed E-state index contributed by atoms with van der Waals surface area (Å²) in [4.78, 5) is 0. The zero-order chi connectivity index (χ0) is 8.69. The summed E-state index contributed by atoms with van der Waals surface area (Å²) in [7, 11) is 0. The van der Waals surface area contributed by atoms with Gasteiger partial charge in [-0.05, 0) is 18.6 Å². The summed E-state index contributed by atoms with van der Waals surface area (Å²) in [6.45, 7) is 4.41. The van der Waals surface area contributed by atoms with E-state index in [1.54, 1.807) is 11.8 Å². The SMILES string of the molecule is CCCC(C)CC(O)CSC. The van der Waals surface area contributed by atoms with E-state index >= 15 is 0 Å². The largest absolute Gasteiger partial charge is 0.392 e. The molecule has 0 aromatic rings. The highest BCUT2D eigenvalue weighted by atomic mass is 32.2.